The van der Waals surface area contributed by atoms with Gasteiger partial charge in [-0.05, 0) is 59.7 Å². The van der Waals surface area contributed by atoms with E-state index in [1.165, 1.54) is 29.2 Å². The molecule has 0 unspecified atom stereocenters. The van der Waals surface area contributed by atoms with Gasteiger partial charge in [-0.3, -0.25) is 4.79 Å². The number of anilines is 1. The van der Waals surface area contributed by atoms with Gasteiger partial charge in [0, 0.05) is 24.7 Å². The van der Waals surface area contributed by atoms with E-state index >= 15 is 0 Å². The summed E-state index contributed by atoms with van der Waals surface area (Å²) in [7, 11) is -4.05. The Hall–Kier alpha value is -3.27. The molecule has 0 bridgehead atoms. The first-order valence-electron chi connectivity index (χ1n) is 8.63. The normalized spacial score (nSPS) is 14.5. The van der Waals surface area contributed by atoms with E-state index in [2.05, 4.69) is 15.5 Å². The van der Waals surface area contributed by atoms with Crippen molar-refractivity contribution in [1.29, 1.82) is 0 Å². The molecule has 144 valence electrons. The minimum absolute atomic E-state index is 0.0469. The van der Waals surface area contributed by atoms with Gasteiger partial charge >= 0.3 is 10.1 Å². The quantitative estimate of drug-likeness (QED) is 0.603. The lowest BCUT2D eigenvalue weighted by Crippen LogP contribution is -2.24. The van der Waals surface area contributed by atoms with Crippen molar-refractivity contribution < 1.29 is 17.4 Å². The monoisotopic (exact) mass is 399 g/mol. The van der Waals surface area contributed by atoms with Crippen LogP contribution in [0.1, 0.15) is 18.4 Å². The zero-order valence-corrected chi connectivity index (χ0v) is 15.8. The molecular weight excluding hydrogens is 382 g/mol. The van der Waals surface area contributed by atoms with Crippen LogP contribution in [0.25, 0.3) is 5.69 Å². The van der Waals surface area contributed by atoms with Gasteiger partial charge in [0.1, 0.15) is 17.0 Å². The molecule has 0 saturated carbocycles. The summed E-state index contributed by atoms with van der Waals surface area (Å²) in [5, 5.41) is 10.9. The molecule has 3 aromatic rings. The van der Waals surface area contributed by atoms with Crippen LogP contribution in [0.3, 0.4) is 0 Å². The summed E-state index contributed by atoms with van der Waals surface area (Å²) in [6.45, 7) is 2.32. The van der Waals surface area contributed by atoms with E-state index in [4.69, 9.17) is 4.18 Å². The minimum atomic E-state index is -4.05. The largest absolute Gasteiger partial charge is 0.379 e. The molecule has 2 aromatic carbocycles. The summed E-state index contributed by atoms with van der Waals surface area (Å²) >= 11 is 0. The van der Waals surface area contributed by atoms with E-state index in [0.717, 1.165) is 6.42 Å². The van der Waals surface area contributed by atoms with Gasteiger partial charge in [0.25, 0.3) is 0 Å². The predicted octanol–water partition coefficient (Wildman–Crippen LogP) is 1.87. The number of benzene rings is 2. The van der Waals surface area contributed by atoms with Crippen LogP contribution in [-0.2, 0) is 14.9 Å². The van der Waals surface area contributed by atoms with E-state index in [9.17, 15) is 13.2 Å². The van der Waals surface area contributed by atoms with E-state index in [1.54, 1.807) is 36.1 Å². The van der Waals surface area contributed by atoms with Crippen LogP contribution in [0.15, 0.2) is 53.7 Å². The van der Waals surface area contributed by atoms with Crippen molar-refractivity contribution in [3.8, 4) is 11.4 Å². The van der Waals surface area contributed by atoms with E-state index < -0.39 is 10.1 Å². The van der Waals surface area contributed by atoms with Gasteiger partial charge in [0.2, 0.25) is 5.91 Å². The number of carbonyl (C=O) groups excluding carboxylic acids is 1. The van der Waals surface area contributed by atoms with Crippen LogP contribution in [0.5, 0.6) is 5.75 Å². The summed E-state index contributed by atoms with van der Waals surface area (Å²) in [6.07, 6.45) is 2.72. The van der Waals surface area contributed by atoms with Crippen molar-refractivity contribution in [3.63, 3.8) is 0 Å². The standard InChI is InChI=1S/C18H17N5O4S/c1-13-10-14(22-9-3-6-18(22)24)7-8-17(13)28(25,26)27-16-5-2-4-15(11-16)23-12-19-20-21-23/h2,4-5,7-8,10-12H,3,6,9H2,1H3. The molecule has 0 atom stereocenters. The van der Waals surface area contributed by atoms with Gasteiger partial charge in [-0.15, -0.1) is 5.10 Å². The second-order valence-corrected chi connectivity index (χ2v) is 7.90. The molecule has 1 aliphatic rings. The number of carbonyl (C=O) groups is 1. The summed E-state index contributed by atoms with van der Waals surface area (Å²) in [6, 6.07) is 11.2. The maximum Gasteiger partial charge on any atom is 0.339 e. The van der Waals surface area contributed by atoms with Gasteiger partial charge in [-0.1, -0.05) is 6.07 Å². The molecule has 2 heterocycles. The molecule has 1 fully saturated rings. The fourth-order valence-corrected chi connectivity index (χ4v) is 4.27. The van der Waals surface area contributed by atoms with Crippen LogP contribution < -0.4 is 9.08 Å². The van der Waals surface area contributed by atoms with Gasteiger partial charge in [-0.2, -0.15) is 8.42 Å². The number of rotatable bonds is 5. The number of hydrogen-bond donors (Lipinski definition) is 0. The molecule has 1 saturated heterocycles. The molecule has 0 radical (unpaired) electrons. The smallest absolute Gasteiger partial charge is 0.339 e. The predicted molar refractivity (Wildman–Crippen MR) is 99.7 cm³/mol. The summed E-state index contributed by atoms with van der Waals surface area (Å²) in [5.41, 5.74) is 1.77. The maximum absolute atomic E-state index is 12.8. The third kappa shape index (κ3) is 3.46. The van der Waals surface area contributed by atoms with Crippen molar-refractivity contribution in [2.45, 2.75) is 24.7 Å². The van der Waals surface area contributed by atoms with Crippen LogP contribution in [0.4, 0.5) is 5.69 Å². The zero-order chi connectivity index (χ0) is 19.7. The molecule has 1 amide bonds. The highest BCUT2D eigenvalue weighted by Gasteiger charge is 2.25. The summed E-state index contributed by atoms with van der Waals surface area (Å²) in [4.78, 5) is 13.6. The second kappa shape index (κ2) is 7.04. The first-order chi connectivity index (χ1) is 13.4. The Morgan fingerprint density at radius 2 is 1.96 bits per heavy atom. The SMILES string of the molecule is Cc1cc(N2CCCC2=O)ccc1S(=O)(=O)Oc1cccc(-n2cnnn2)c1. The Kier molecular flexibility index (Phi) is 4.55. The highest BCUT2D eigenvalue weighted by atomic mass is 32.2. The molecule has 9 nitrogen and oxygen atoms in total. The Bertz CT molecular complexity index is 1130. The first kappa shape index (κ1) is 18.1. The second-order valence-electron chi connectivity index (χ2n) is 6.39. The Morgan fingerprint density at radius 1 is 1.11 bits per heavy atom. The lowest BCUT2D eigenvalue weighted by molar-refractivity contribution is -0.117. The Morgan fingerprint density at radius 3 is 2.64 bits per heavy atom. The molecule has 4 rings (SSSR count). The minimum Gasteiger partial charge on any atom is -0.379 e. The molecular formula is C18H17N5O4S. The topological polar surface area (TPSA) is 107 Å². The number of aromatic nitrogens is 4. The summed E-state index contributed by atoms with van der Waals surface area (Å²) in [5.74, 6) is 0.192. The van der Waals surface area contributed by atoms with Crippen LogP contribution in [0.2, 0.25) is 0 Å². The number of amides is 1. The van der Waals surface area contributed by atoms with Crippen LogP contribution >= 0.6 is 0 Å². The molecule has 1 aromatic heterocycles. The highest BCUT2D eigenvalue weighted by Crippen LogP contribution is 2.28. The molecule has 1 aliphatic heterocycles. The van der Waals surface area contributed by atoms with Crippen molar-refractivity contribution in [2.24, 2.45) is 0 Å². The number of nitrogens with zero attached hydrogens (tertiary/aromatic N) is 5. The average molecular weight is 399 g/mol. The Balaban J connectivity index is 1.60. The fourth-order valence-electron chi connectivity index (χ4n) is 3.13. The van der Waals surface area contributed by atoms with Gasteiger partial charge in [0.05, 0.1) is 5.69 Å². The number of hydrogen-bond acceptors (Lipinski definition) is 7. The third-order valence-electron chi connectivity index (χ3n) is 4.45. The molecule has 0 N–H and O–H groups in total. The van der Waals surface area contributed by atoms with E-state index in [1.807, 2.05) is 0 Å². The van der Waals surface area contributed by atoms with Gasteiger partial charge in [-0.25, -0.2) is 4.68 Å². The summed E-state index contributed by atoms with van der Waals surface area (Å²) < 4.78 is 32.2. The Labute approximate surface area is 161 Å². The van der Waals surface area contributed by atoms with Gasteiger partial charge < -0.3 is 9.08 Å². The highest BCUT2D eigenvalue weighted by molar-refractivity contribution is 7.87. The maximum atomic E-state index is 12.8. The van der Waals surface area contributed by atoms with E-state index in [-0.39, 0.29) is 16.6 Å². The lowest BCUT2D eigenvalue weighted by atomic mass is 10.2. The van der Waals surface area contributed by atoms with Crippen molar-refractivity contribution in [2.75, 3.05) is 11.4 Å². The van der Waals surface area contributed by atoms with Crippen LogP contribution in [-0.4, -0.2) is 41.1 Å². The number of aryl methyl sites for hydroxylation is 1. The third-order valence-corrected chi connectivity index (χ3v) is 5.86. The van der Waals surface area contributed by atoms with Crippen molar-refractivity contribution in [1.82, 2.24) is 20.2 Å². The van der Waals surface area contributed by atoms with Crippen molar-refractivity contribution in [3.05, 3.63) is 54.4 Å². The lowest BCUT2D eigenvalue weighted by Gasteiger charge is -2.17. The number of tetrazole rings is 1. The zero-order valence-electron chi connectivity index (χ0n) is 15.0. The van der Waals surface area contributed by atoms with Crippen molar-refractivity contribution >= 4 is 21.7 Å². The fraction of sp³-hybridized carbons (Fsp3) is 0.222. The molecule has 0 aliphatic carbocycles. The molecule has 28 heavy (non-hydrogen) atoms. The van der Waals surface area contributed by atoms with E-state index in [0.29, 0.717) is 29.9 Å². The average Bonchev–Trinajstić information content (AvgIpc) is 3.33. The molecule has 10 heteroatoms. The van der Waals surface area contributed by atoms with Gasteiger partial charge in [0.15, 0.2) is 0 Å². The molecule has 0 spiro atoms. The van der Waals surface area contributed by atoms with Crippen LogP contribution in [0, 0.1) is 6.92 Å². The first-order valence-corrected chi connectivity index (χ1v) is 10.0.